The van der Waals surface area contributed by atoms with E-state index in [-0.39, 0.29) is 0 Å². The Kier molecular flexibility index (Phi) is 7.37. The van der Waals surface area contributed by atoms with Crippen LogP contribution >= 0.6 is 0 Å². The van der Waals surface area contributed by atoms with Gasteiger partial charge in [-0.1, -0.05) is 51.0 Å². The average Bonchev–Trinajstić information content (AvgIpc) is 3.00. The van der Waals surface area contributed by atoms with Crippen molar-refractivity contribution in [2.24, 2.45) is 23.2 Å². The van der Waals surface area contributed by atoms with Crippen LogP contribution in [0, 0.1) is 23.2 Å². The van der Waals surface area contributed by atoms with Crippen molar-refractivity contribution in [3.8, 4) is 0 Å². The van der Waals surface area contributed by atoms with Gasteiger partial charge in [-0.3, -0.25) is 0 Å². The van der Waals surface area contributed by atoms with Crippen LogP contribution in [0.5, 0.6) is 0 Å². The summed E-state index contributed by atoms with van der Waals surface area (Å²) in [4.78, 5) is 0. The van der Waals surface area contributed by atoms with Gasteiger partial charge >= 0.3 is 0 Å². The molecule has 0 radical (unpaired) electrons. The normalized spacial score (nSPS) is 38.8. The fourth-order valence-corrected chi connectivity index (χ4v) is 6.74. The molecule has 3 rings (SSSR count). The molecular formula is C27H44O3. The lowest BCUT2D eigenvalue weighted by molar-refractivity contribution is 0.0596. The molecule has 0 saturated heterocycles. The van der Waals surface area contributed by atoms with E-state index >= 15 is 0 Å². The van der Waals surface area contributed by atoms with Gasteiger partial charge in [0.15, 0.2) is 0 Å². The van der Waals surface area contributed by atoms with Crippen LogP contribution in [-0.2, 0) is 0 Å². The number of aliphatic hydroxyl groups is 3. The summed E-state index contributed by atoms with van der Waals surface area (Å²) in [6.45, 7) is 12.8. The fourth-order valence-electron chi connectivity index (χ4n) is 6.74. The van der Waals surface area contributed by atoms with Gasteiger partial charge in [-0.05, 0) is 93.1 Å². The average molecular weight is 420 g/mol. The van der Waals surface area contributed by atoms with Gasteiger partial charge in [0, 0.05) is 6.42 Å². The summed E-state index contributed by atoms with van der Waals surface area (Å²) in [5, 5.41) is 30.2. The zero-order valence-electron chi connectivity index (χ0n) is 19.7. The Bertz CT molecular complexity index is 683. The Morgan fingerprint density at radius 2 is 1.97 bits per heavy atom. The number of rotatable bonds is 6. The Balaban J connectivity index is 1.70. The highest BCUT2D eigenvalue weighted by Gasteiger charge is 2.50. The molecule has 0 aromatic heterocycles. The lowest BCUT2D eigenvalue weighted by atomic mass is 9.63. The van der Waals surface area contributed by atoms with Crippen molar-refractivity contribution in [1.29, 1.82) is 0 Å². The van der Waals surface area contributed by atoms with Crippen LogP contribution < -0.4 is 0 Å². The van der Waals surface area contributed by atoms with E-state index in [1.807, 2.05) is 13.8 Å². The van der Waals surface area contributed by atoms with Gasteiger partial charge in [-0.15, -0.1) is 0 Å². The standard InChI is InChI=1S/C27H44O3/c1-18(8-6-14-26(3,4)30)23-12-13-24-20(9-7-15-27(23,24)5)10-11-21-16-22(28)17-25(29)19(21)2/h10-11,18,22-25,28-30H,2,6-9,12-17H2,1,3-5H3/b20-10+,21-11+/t18-,22-,23-,24+,25+,27-/m1/s1/i2+1,9+1,10+1. The third kappa shape index (κ3) is 5.29. The van der Waals surface area contributed by atoms with Crippen molar-refractivity contribution in [3.63, 3.8) is 0 Å². The van der Waals surface area contributed by atoms with Gasteiger partial charge in [0.25, 0.3) is 0 Å². The molecule has 3 saturated carbocycles. The molecule has 3 heteroatoms. The number of fused-ring (bicyclic) bond motifs is 1. The largest absolute Gasteiger partial charge is 0.393 e. The van der Waals surface area contributed by atoms with E-state index in [0.29, 0.717) is 30.1 Å². The molecule has 0 spiro atoms. The molecule has 0 aromatic rings. The van der Waals surface area contributed by atoms with Crippen LogP contribution in [0.2, 0.25) is 0 Å². The number of aliphatic hydroxyl groups excluding tert-OH is 2. The van der Waals surface area contributed by atoms with Crippen molar-refractivity contribution in [2.75, 3.05) is 0 Å². The van der Waals surface area contributed by atoms with Crippen LogP contribution in [0.3, 0.4) is 0 Å². The van der Waals surface area contributed by atoms with Crippen molar-refractivity contribution in [3.05, 3.63) is 35.5 Å². The maximum Gasteiger partial charge on any atom is 0.0811 e. The zero-order valence-corrected chi connectivity index (χ0v) is 19.7. The molecule has 0 heterocycles. The monoisotopic (exact) mass is 419 g/mol. The molecule has 0 unspecified atom stereocenters. The van der Waals surface area contributed by atoms with E-state index in [4.69, 9.17) is 0 Å². The molecule has 3 aliphatic rings. The molecule has 0 aromatic carbocycles. The van der Waals surface area contributed by atoms with E-state index in [1.165, 1.54) is 38.5 Å². The first-order chi connectivity index (χ1) is 14.0. The second kappa shape index (κ2) is 9.30. The summed E-state index contributed by atoms with van der Waals surface area (Å²) in [7, 11) is 0. The Labute approximate surface area is 184 Å². The summed E-state index contributed by atoms with van der Waals surface area (Å²) in [5.41, 5.74) is 3.17. The van der Waals surface area contributed by atoms with E-state index in [9.17, 15) is 15.3 Å². The third-order valence-corrected chi connectivity index (χ3v) is 8.44. The first-order valence-corrected chi connectivity index (χ1v) is 12.2. The van der Waals surface area contributed by atoms with Crippen LogP contribution in [0.15, 0.2) is 35.5 Å². The predicted molar refractivity (Wildman–Crippen MR) is 124 cm³/mol. The van der Waals surface area contributed by atoms with E-state index in [0.717, 1.165) is 29.9 Å². The Morgan fingerprint density at radius 1 is 1.23 bits per heavy atom. The Hall–Kier alpha value is -0.900. The number of hydrogen-bond donors (Lipinski definition) is 3. The molecule has 170 valence electrons. The number of allylic oxidation sites excluding steroid dienone is 3. The van der Waals surface area contributed by atoms with Crippen molar-refractivity contribution in [2.45, 2.75) is 110 Å². The smallest absolute Gasteiger partial charge is 0.0811 e. The van der Waals surface area contributed by atoms with Crippen molar-refractivity contribution >= 4 is 0 Å². The molecular weight excluding hydrogens is 375 g/mol. The molecule has 3 aliphatic carbocycles. The van der Waals surface area contributed by atoms with Crippen LogP contribution in [0.4, 0.5) is 0 Å². The quantitative estimate of drug-likeness (QED) is 0.484. The van der Waals surface area contributed by atoms with Gasteiger partial charge < -0.3 is 15.3 Å². The fraction of sp³-hybridized carbons (Fsp3) is 0.778. The van der Waals surface area contributed by atoms with Gasteiger partial charge in [-0.2, -0.15) is 0 Å². The molecule has 3 nitrogen and oxygen atoms in total. The van der Waals surface area contributed by atoms with Crippen molar-refractivity contribution < 1.29 is 15.3 Å². The van der Waals surface area contributed by atoms with Gasteiger partial charge in [0.05, 0.1) is 17.8 Å². The Morgan fingerprint density at radius 3 is 2.67 bits per heavy atom. The van der Waals surface area contributed by atoms with Crippen LogP contribution in [0.1, 0.15) is 91.9 Å². The predicted octanol–water partition coefficient (Wildman–Crippen LogP) is 5.70. The summed E-state index contributed by atoms with van der Waals surface area (Å²) in [6, 6.07) is 0. The second-order valence-electron chi connectivity index (χ2n) is 11.3. The van der Waals surface area contributed by atoms with E-state index in [2.05, 4.69) is 32.6 Å². The molecule has 0 bridgehead atoms. The van der Waals surface area contributed by atoms with E-state index < -0.39 is 17.8 Å². The maximum atomic E-state index is 10.1. The minimum Gasteiger partial charge on any atom is -0.393 e. The van der Waals surface area contributed by atoms with Crippen LogP contribution in [0.25, 0.3) is 0 Å². The first kappa shape index (κ1) is 23.8. The first-order valence-electron chi connectivity index (χ1n) is 12.2. The van der Waals surface area contributed by atoms with Gasteiger partial charge in [0.1, 0.15) is 0 Å². The third-order valence-electron chi connectivity index (χ3n) is 8.44. The van der Waals surface area contributed by atoms with Gasteiger partial charge in [-0.25, -0.2) is 0 Å². The zero-order chi connectivity index (χ0) is 22.1. The summed E-state index contributed by atoms with van der Waals surface area (Å²) in [5.74, 6) is 2.11. The molecule has 3 fully saturated rings. The van der Waals surface area contributed by atoms with Crippen molar-refractivity contribution in [1.82, 2.24) is 0 Å². The molecule has 3 N–H and O–H groups in total. The van der Waals surface area contributed by atoms with E-state index in [1.54, 1.807) is 5.57 Å². The topological polar surface area (TPSA) is 60.7 Å². The number of hydrogen-bond acceptors (Lipinski definition) is 3. The highest BCUT2D eigenvalue weighted by Crippen LogP contribution is 2.60. The lowest BCUT2D eigenvalue weighted by Crippen LogP contribution is -2.36. The second-order valence-corrected chi connectivity index (χ2v) is 11.3. The lowest BCUT2D eigenvalue weighted by Gasteiger charge is -2.44. The highest BCUT2D eigenvalue weighted by molar-refractivity contribution is 5.38. The highest BCUT2D eigenvalue weighted by atomic mass is 16.3. The summed E-state index contributed by atoms with van der Waals surface area (Å²) < 4.78 is 0. The molecule has 30 heavy (non-hydrogen) atoms. The minimum atomic E-state index is -0.615. The molecule has 0 aliphatic heterocycles. The summed E-state index contributed by atoms with van der Waals surface area (Å²) >= 11 is 0. The minimum absolute atomic E-state index is 0.374. The SMILES string of the molecule is C[C@H](CCCC(C)(C)O)[C@H]1CC[C@H]2/C(=[13CH]/C=C3\C[C@@H](O)C[C@H](O)C3=[13CH2])[13CH2]CC[C@]12C. The molecule has 0 amide bonds. The summed E-state index contributed by atoms with van der Waals surface area (Å²) in [6.07, 6.45) is 13.9. The maximum absolute atomic E-state index is 10.1. The van der Waals surface area contributed by atoms with Crippen LogP contribution in [-0.4, -0.2) is 33.1 Å². The van der Waals surface area contributed by atoms with Gasteiger partial charge in [0.2, 0.25) is 0 Å². The molecule has 6 atom stereocenters.